The fourth-order valence-electron chi connectivity index (χ4n) is 3.67. The molecule has 1 saturated heterocycles. The standard InChI is InChI=1S/C18H23ClN2O3.ClH/c1-24-16(22)10-15(12-2-4-13(19)5-3-12)21-17(23)14-11-18(14)6-8-20-9-7-18;/h2-5,14-15,20H,6-11H2,1H3,(H,21,23);1H/t14?,15-;/m0./s1. The monoisotopic (exact) mass is 386 g/mol. The Morgan fingerprint density at radius 3 is 2.56 bits per heavy atom. The Morgan fingerprint density at radius 1 is 1.32 bits per heavy atom. The van der Waals surface area contributed by atoms with E-state index < -0.39 is 0 Å². The quantitative estimate of drug-likeness (QED) is 0.763. The number of hydrogen-bond acceptors (Lipinski definition) is 4. The summed E-state index contributed by atoms with van der Waals surface area (Å²) in [7, 11) is 1.36. The highest BCUT2D eigenvalue weighted by Gasteiger charge is 2.57. The van der Waals surface area contributed by atoms with E-state index in [-0.39, 0.29) is 48.1 Å². The molecule has 2 N–H and O–H groups in total. The van der Waals surface area contributed by atoms with Gasteiger partial charge in [-0.3, -0.25) is 9.59 Å². The molecule has 1 aliphatic carbocycles. The van der Waals surface area contributed by atoms with Crippen LogP contribution in [-0.4, -0.2) is 32.1 Å². The van der Waals surface area contributed by atoms with Crippen LogP contribution >= 0.6 is 24.0 Å². The normalized spacial score (nSPS) is 21.8. The van der Waals surface area contributed by atoms with Gasteiger partial charge in [0.2, 0.25) is 5.91 Å². The maximum Gasteiger partial charge on any atom is 0.307 e. The van der Waals surface area contributed by atoms with Crippen molar-refractivity contribution in [2.24, 2.45) is 11.3 Å². The number of halogens is 2. The SMILES string of the molecule is COC(=O)C[C@H](NC(=O)C1CC12CCNCC2)c1ccc(Cl)cc1.Cl. The van der Waals surface area contributed by atoms with Crippen LogP contribution in [0.4, 0.5) is 0 Å². The van der Waals surface area contributed by atoms with Gasteiger partial charge in [-0.05, 0) is 55.5 Å². The first-order valence-electron chi connectivity index (χ1n) is 8.37. The minimum atomic E-state index is -0.387. The Balaban J connectivity index is 0.00000225. The molecule has 1 aromatic carbocycles. The Bertz CT molecular complexity index is 615. The van der Waals surface area contributed by atoms with Crippen LogP contribution in [0.1, 0.15) is 37.3 Å². The van der Waals surface area contributed by atoms with Crippen LogP contribution in [-0.2, 0) is 14.3 Å². The summed E-state index contributed by atoms with van der Waals surface area (Å²) in [6.07, 6.45) is 3.17. The van der Waals surface area contributed by atoms with E-state index in [1.807, 2.05) is 12.1 Å². The van der Waals surface area contributed by atoms with E-state index in [2.05, 4.69) is 10.6 Å². The third kappa shape index (κ3) is 4.66. The van der Waals surface area contributed by atoms with Gasteiger partial charge in [-0.1, -0.05) is 23.7 Å². The summed E-state index contributed by atoms with van der Waals surface area (Å²) in [5.41, 5.74) is 1.03. The van der Waals surface area contributed by atoms with E-state index in [0.717, 1.165) is 37.9 Å². The summed E-state index contributed by atoms with van der Waals surface area (Å²) in [5, 5.41) is 7.01. The van der Waals surface area contributed by atoms with Crippen molar-refractivity contribution in [3.8, 4) is 0 Å². The van der Waals surface area contributed by atoms with Crippen molar-refractivity contribution in [3.05, 3.63) is 34.9 Å². The van der Waals surface area contributed by atoms with Crippen molar-refractivity contribution < 1.29 is 14.3 Å². The number of esters is 1. The Morgan fingerprint density at radius 2 is 1.96 bits per heavy atom. The molecule has 3 rings (SSSR count). The van der Waals surface area contributed by atoms with Gasteiger partial charge in [0.1, 0.15) is 0 Å². The largest absolute Gasteiger partial charge is 0.469 e. The number of hydrogen-bond donors (Lipinski definition) is 2. The Labute approximate surface area is 159 Å². The van der Waals surface area contributed by atoms with E-state index in [9.17, 15) is 9.59 Å². The molecule has 0 radical (unpaired) electrons. The molecule has 1 saturated carbocycles. The topological polar surface area (TPSA) is 67.4 Å². The van der Waals surface area contributed by atoms with Crippen molar-refractivity contribution in [1.29, 1.82) is 0 Å². The summed E-state index contributed by atoms with van der Waals surface area (Å²) in [6.45, 7) is 1.96. The van der Waals surface area contributed by atoms with E-state index >= 15 is 0 Å². The van der Waals surface area contributed by atoms with Crippen molar-refractivity contribution in [3.63, 3.8) is 0 Å². The summed E-state index contributed by atoms with van der Waals surface area (Å²) >= 11 is 5.93. The molecule has 0 aromatic heterocycles. The lowest BCUT2D eigenvalue weighted by atomic mass is 9.91. The molecule has 2 fully saturated rings. The zero-order valence-electron chi connectivity index (χ0n) is 14.2. The molecule has 2 aliphatic rings. The Kier molecular flexibility index (Phi) is 6.72. The lowest BCUT2D eigenvalue weighted by molar-refractivity contribution is -0.141. The van der Waals surface area contributed by atoms with Crippen LogP contribution in [0, 0.1) is 11.3 Å². The summed E-state index contributed by atoms with van der Waals surface area (Å²) in [4.78, 5) is 24.4. The van der Waals surface area contributed by atoms with Crippen LogP contribution < -0.4 is 10.6 Å². The highest BCUT2D eigenvalue weighted by Crippen LogP contribution is 2.58. The average Bonchev–Trinajstić information content (AvgIpc) is 3.28. The molecular weight excluding hydrogens is 363 g/mol. The molecule has 2 atom stereocenters. The molecule has 0 bridgehead atoms. The first kappa shape index (κ1) is 20.0. The number of rotatable bonds is 5. The lowest BCUT2D eigenvalue weighted by Crippen LogP contribution is -2.36. The second kappa shape index (κ2) is 8.39. The molecular formula is C18H24Cl2N2O3. The molecule has 1 heterocycles. The van der Waals surface area contributed by atoms with E-state index in [1.54, 1.807) is 12.1 Å². The number of methoxy groups -OCH3 is 1. The van der Waals surface area contributed by atoms with Gasteiger partial charge in [0.25, 0.3) is 0 Å². The van der Waals surface area contributed by atoms with Crippen molar-refractivity contribution in [1.82, 2.24) is 10.6 Å². The van der Waals surface area contributed by atoms with Crippen LogP contribution in [0.25, 0.3) is 0 Å². The maximum atomic E-state index is 12.7. The fraction of sp³-hybridized carbons (Fsp3) is 0.556. The summed E-state index contributed by atoms with van der Waals surface area (Å²) < 4.78 is 4.77. The average molecular weight is 387 g/mol. The molecule has 1 amide bonds. The molecule has 5 nitrogen and oxygen atoms in total. The van der Waals surface area contributed by atoms with Crippen molar-refractivity contribution in [2.45, 2.75) is 31.7 Å². The molecule has 7 heteroatoms. The third-order valence-corrected chi connectivity index (χ3v) is 5.54. The number of carbonyl (C=O) groups is 2. The van der Waals surface area contributed by atoms with Crippen LogP contribution in [0.3, 0.4) is 0 Å². The van der Waals surface area contributed by atoms with Crippen molar-refractivity contribution >= 4 is 35.9 Å². The van der Waals surface area contributed by atoms with Gasteiger partial charge in [-0.15, -0.1) is 12.4 Å². The molecule has 1 spiro atoms. The van der Waals surface area contributed by atoms with E-state index in [1.165, 1.54) is 7.11 Å². The molecule has 1 aliphatic heterocycles. The van der Waals surface area contributed by atoms with Gasteiger partial charge in [0.15, 0.2) is 0 Å². The number of carbonyl (C=O) groups excluding carboxylic acids is 2. The molecule has 1 aromatic rings. The van der Waals surface area contributed by atoms with E-state index in [0.29, 0.717) is 5.02 Å². The summed E-state index contributed by atoms with van der Waals surface area (Å²) in [6, 6.07) is 6.81. The zero-order valence-corrected chi connectivity index (χ0v) is 15.8. The molecule has 1 unspecified atom stereocenters. The van der Waals surface area contributed by atoms with Gasteiger partial charge in [0.05, 0.1) is 19.6 Å². The maximum absolute atomic E-state index is 12.7. The number of nitrogens with one attached hydrogen (secondary N) is 2. The third-order valence-electron chi connectivity index (χ3n) is 5.29. The van der Waals surface area contributed by atoms with Gasteiger partial charge < -0.3 is 15.4 Å². The molecule has 138 valence electrons. The van der Waals surface area contributed by atoms with Crippen LogP contribution in [0.2, 0.25) is 5.02 Å². The number of piperidine rings is 1. The summed E-state index contributed by atoms with van der Waals surface area (Å²) in [5.74, 6) is -0.240. The first-order valence-corrected chi connectivity index (χ1v) is 8.75. The number of benzene rings is 1. The van der Waals surface area contributed by atoms with Gasteiger partial charge >= 0.3 is 5.97 Å². The van der Waals surface area contributed by atoms with E-state index in [4.69, 9.17) is 16.3 Å². The minimum absolute atomic E-state index is 0. The lowest BCUT2D eigenvalue weighted by Gasteiger charge is -2.24. The second-order valence-corrected chi connectivity index (χ2v) is 7.20. The van der Waals surface area contributed by atoms with Crippen molar-refractivity contribution in [2.75, 3.05) is 20.2 Å². The zero-order chi connectivity index (χ0) is 17.2. The number of ether oxygens (including phenoxy) is 1. The predicted molar refractivity (Wildman–Crippen MR) is 98.9 cm³/mol. The van der Waals surface area contributed by atoms with Gasteiger partial charge in [0, 0.05) is 10.9 Å². The predicted octanol–water partition coefficient (Wildman–Crippen LogP) is 2.87. The minimum Gasteiger partial charge on any atom is -0.469 e. The Hall–Kier alpha value is -1.30. The molecule has 25 heavy (non-hydrogen) atoms. The van der Waals surface area contributed by atoms with Gasteiger partial charge in [-0.2, -0.15) is 0 Å². The smallest absolute Gasteiger partial charge is 0.307 e. The fourth-order valence-corrected chi connectivity index (χ4v) is 3.79. The highest BCUT2D eigenvalue weighted by atomic mass is 35.5. The van der Waals surface area contributed by atoms with Crippen LogP contribution in [0.5, 0.6) is 0 Å². The first-order chi connectivity index (χ1) is 11.5. The number of amides is 1. The highest BCUT2D eigenvalue weighted by molar-refractivity contribution is 6.30. The second-order valence-electron chi connectivity index (χ2n) is 6.76. The van der Waals surface area contributed by atoms with Gasteiger partial charge in [-0.25, -0.2) is 0 Å². The van der Waals surface area contributed by atoms with Crippen LogP contribution in [0.15, 0.2) is 24.3 Å².